The molecule has 2 atom stereocenters. The summed E-state index contributed by atoms with van der Waals surface area (Å²) in [5.41, 5.74) is -0.207. The fraction of sp³-hybridized carbons (Fsp3) is 0.304. The monoisotopic (exact) mass is 443 g/mol. The Kier molecular flexibility index (Phi) is 5.85. The number of amidine groups is 1. The molecule has 1 fully saturated rings. The zero-order valence-electron chi connectivity index (χ0n) is 17.2. The van der Waals surface area contributed by atoms with Gasteiger partial charge >= 0.3 is 0 Å². The maximum atomic E-state index is 14.7. The Labute approximate surface area is 184 Å². The van der Waals surface area contributed by atoms with E-state index in [2.05, 4.69) is 15.6 Å². The summed E-state index contributed by atoms with van der Waals surface area (Å²) in [7, 11) is 0. The second-order valence-electron chi connectivity index (χ2n) is 7.61. The summed E-state index contributed by atoms with van der Waals surface area (Å²) in [6, 6.07) is 12.5. The molecule has 31 heavy (non-hydrogen) atoms. The van der Waals surface area contributed by atoms with E-state index in [9.17, 15) is 13.6 Å². The molecule has 0 saturated carbocycles. The van der Waals surface area contributed by atoms with Gasteiger partial charge in [-0.1, -0.05) is 43.0 Å². The fourth-order valence-corrected chi connectivity index (χ4v) is 4.61. The minimum absolute atomic E-state index is 0.264. The van der Waals surface area contributed by atoms with Crippen LogP contribution in [0, 0.1) is 11.6 Å². The summed E-state index contributed by atoms with van der Waals surface area (Å²) in [5, 5.41) is 6.46. The molecule has 4 rings (SSSR count). The number of nitrogens with zero attached hydrogens (tertiary/aromatic N) is 1. The van der Waals surface area contributed by atoms with Crippen molar-refractivity contribution in [2.45, 2.75) is 24.9 Å². The van der Waals surface area contributed by atoms with E-state index in [0.717, 1.165) is 6.07 Å². The number of benzene rings is 2. The Balaban J connectivity index is 1.65. The topological polar surface area (TPSA) is 62.7 Å². The molecule has 0 bridgehead atoms. The van der Waals surface area contributed by atoms with E-state index in [0.29, 0.717) is 34.3 Å². The standard InChI is InChI=1S/C23H23F2N3O2S/c1-3-31-21(28-20(29)15-7-5-4-6-8-15)27-19-12-26-13-23(14-30-22(19,23)2)17-10-9-16(24)11-18(17)25/h4-12,26H,3,13-14H2,1-2H3,(H,27,28,29)/t22-,23?/m0/s1. The summed E-state index contributed by atoms with van der Waals surface area (Å²) in [4.78, 5) is 17.3. The lowest BCUT2D eigenvalue weighted by molar-refractivity contribution is -0.195. The predicted molar refractivity (Wildman–Crippen MR) is 118 cm³/mol. The summed E-state index contributed by atoms with van der Waals surface area (Å²) in [5.74, 6) is -0.797. The zero-order chi connectivity index (χ0) is 22.1. The largest absolute Gasteiger partial charge is 0.388 e. The molecule has 0 aliphatic carbocycles. The average Bonchev–Trinajstić information content (AvgIpc) is 2.75. The van der Waals surface area contributed by atoms with Gasteiger partial charge in [0.05, 0.1) is 17.7 Å². The van der Waals surface area contributed by atoms with Crippen LogP contribution in [0.1, 0.15) is 29.8 Å². The number of ether oxygens (including phenoxy) is 1. The molecule has 1 saturated heterocycles. The SMILES string of the molecule is CCSC(=NC1=CNCC2(c3ccc(F)cc3F)CO[C@@]12C)NC(=O)c1ccccc1. The van der Waals surface area contributed by atoms with E-state index in [1.54, 1.807) is 30.5 Å². The second kappa shape index (κ2) is 8.43. The normalized spacial score (nSPS) is 25.0. The lowest BCUT2D eigenvalue weighted by atomic mass is 9.61. The highest BCUT2D eigenvalue weighted by Gasteiger charge is 2.63. The summed E-state index contributed by atoms with van der Waals surface area (Å²) >= 11 is 1.39. The van der Waals surface area contributed by atoms with Crippen LogP contribution in [0.15, 0.2) is 65.4 Å². The number of hydrogen-bond acceptors (Lipinski definition) is 5. The summed E-state index contributed by atoms with van der Waals surface area (Å²) < 4.78 is 34.1. The second-order valence-corrected chi connectivity index (χ2v) is 8.86. The van der Waals surface area contributed by atoms with Crippen LogP contribution in [0.4, 0.5) is 8.78 Å². The van der Waals surface area contributed by atoms with Crippen LogP contribution in [0.5, 0.6) is 0 Å². The average molecular weight is 444 g/mol. The van der Waals surface area contributed by atoms with Gasteiger partial charge in [0.15, 0.2) is 5.17 Å². The van der Waals surface area contributed by atoms with Crippen LogP contribution in [0.25, 0.3) is 0 Å². The van der Waals surface area contributed by atoms with Gasteiger partial charge in [-0.3, -0.25) is 4.79 Å². The van der Waals surface area contributed by atoms with Crippen molar-refractivity contribution in [3.05, 3.63) is 83.2 Å². The smallest absolute Gasteiger partial charge is 0.257 e. The number of halogens is 2. The molecule has 2 aliphatic heterocycles. The Hall–Kier alpha value is -2.71. The first-order valence-electron chi connectivity index (χ1n) is 10.0. The van der Waals surface area contributed by atoms with Crippen molar-refractivity contribution < 1.29 is 18.3 Å². The Morgan fingerprint density at radius 3 is 2.68 bits per heavy atom. The minimum Gasteiger partial charge on any atom is -0.388 e. The highest BCUT2D eigenvalue weighted by atomic mass is 32.2. The molecular weight excluding hydrogens is 420 g/mol. The molecular formula is C23H23F2N3O2S. The third-order valence-electron chi connectivity index (χ3n) is 5.86. The lowest BCUT2D eigenvalue weighted by Crippen LogP contribution is -2.71. The third-order valence-corrected chi connectivity index (χ3v) is 6.61. The number of carbonyl (C=O) groups is 1. The number of amides is 1. The molecule has 0 radical (unpaired) electrons. The molecule has 0 aromatic heterocycles. The van der Waals surface area contributed by atoms with Crippen LogP contribution < -0.4 is 10.6 Å². The van der Waals surface area contributed by atoms with Gasteiger partial charge in [0, 0.05) is 29.9 Å². The summed E-state index contributed by atoms with van der Waals surface area (Å²) in [6.07, 6.45) is 1.73. The quantitative estimate of drug-likeness (QED) is 0.554. The van der Waals surface area contributed by atoms with Crippen LogP contribution in [0.2, 0.25) is 0 Å². The number of thioether (sulfide) groups is 1. The van der Waals surface area contributed by atoms with Gasteiger partial charge in [0.2, 0.25) is 0 Å². The lowest BCUT2D eigenvalue weighted by Gasteiger charge is -2.59. The maximum Gasteiger partial charge on any atom is 0.257 e. The first kappa shape index (κ1) is 21.5. The van der Waals surface area contributed by atoms with Gasteiger partial charge in [-0.25, -0.2) is 13.8 Å². The molecule has 0 spiro atoms. The highest BCUT2D eigenvalue weighted by molar-refractivity contribution is 8.13. The van der Waals surface area contributed by atoms with Gasteiger partial charge in [0.1, 0.15) is 17.2 Å². The Morgan fingerprint density at radius 2 is 2.03 bits per heavy atom. The third kappa shape index (κ3) is 3.74. The van der Waals surface area contributed by atoms with Gasteiger partial charge in [-0.05, 0) is 30.9 Å². The van der Waals surface area contributed by atoms with Crippen LogP contribution in [-0.2, 0) is 10.2 Å². The van der Waals surface area contributed by atoms with Gasteiger partial charge < -0.3 is 15.4 Å². The van der Waals surface area contributed by atoms with E-state index in [1.807, 2.05) is 19.9 Å². The first-order chi connectivity index (χ1) is 14.9. The minimum atomic E-state index is -0.923. The number of nitrogens with one attached hydrogen (secondary N) is 2. The maximum absolute atomic E-state index is 14.7. The van der Waals surface area contributed by atoms with Crippen LogP contribution in [-0.4, -0.2) is 35.6 Å². The highest BCUT2D eigenvalue weighted by Crippen LogP contribution is 2.53. The number of rotatable bonds is 4. The van der Waals surface area contributed by atoms with Crippen molar-refractivity contribution in [3.63, 3.8) is 0 Å². The molecule has 1 unspecified atom stereocenters. The molecule has 2 aliphatic rings. The first-order valence-corrected chi connectivity index (χ1v) is 11.0. The molecule has 162 valence electrons. The van der Waals surface area contributed by atoms with Crippen molar-refractivity contribution in [1.29, 1.82) is 0 Å². The van der Waals surface area contributed by atoms with Crippen molar-refractivity contribution in [2.24, 2.45) is 4.99 Å². The van der Waals surface area contributed by atoms with E-state index >= 15 is 0 Å². The zero-order valence-corrected chi connectivity index (χ0v) is 18.1. The summed E-state index contributed by atoms with van der Waals surface area (Å²) in [6.45, 7) is 4.51. The van der Waals surface area contributed by atoms with Crippen molar-refractivity contribution in [3.8, 4) is 0 Å². The van der Waals surface area contributed by atoms with E-state index in [1.165, 1.54) is 23.9 Å². The molecule has 2 heterocycles. The van der Waals surface area contributed by atoms with Crippen LogP contribution >= 0.6 is 11.8 Å². The van der Waals surface area contributed by atoms with Gasteiger partial charge in [0.25, 0.3) is 5.91 Å². The number of hydrogen-bond donors (Lipinski definition) is 2. The predicted octanol–water partition coefficient (Wildman–Crippen LogP) is 3.98. The Morgan fingerprint density at radius 1 is 1.26 bits per heavy atom. The van der Waals surface area contributed by atoms with Crippen molar-refractivity contribution >= 4 is 22.8 Å². The molecule has 2 N–H and O–H groups in total. The van der Waals surface area contributed by atoms with Gasteiger partial charge in [-0.2, -0.15) is 0 Å². The van der Waals surface area contributed by atoms with E-state index < -0.39 is 22.7 Å². The number of aliphatic imine (C=N–C) groups is 1. The van der Waals surface area contributed by atoms with Crippen LogP contribution in [0.3, 0.4) is 0 Å². The fourth-order valence-electron chi connectivity index (χ4n) is 4.01. The van der Waals surface area contributed by atoms with Crippen molar-refractivity contribution in [2.75, 3.05) is 18.9 Å². The Bertz CT molecular complexity index is 1060. The molecule has 2 aromatic carbocycles. The number of carbonyl (C=O) groups excluding carboxylic acids is 1. The molecule has 1 amide bonds. The molecule has 8 heteroatoms. The van der Waals surface area contributed by atoms with Crippen molar-refractivity contribution in [1.82, 2.24) is 10.6 Å². The van der Waals surface area contributed by atoms with E-state index in [-0.39, 0.29) is 12.5 Å². The molecule has 2 aromatic rings. The molecule has 5 nitrogen and oxygen atoms in total. The number of fused-ring (bicyclic) bond motifs is 1. The van der Waals surface area contributed by atoms with E-state index in [4.69, 9.17) is 4.74 Å². The van der Waals surface area contributed by atoms with Gasteiger partial charge in [-0.15, -0.1) is 0 Å².